The fourth-order valence-corrected chi connectivity index (χ4v) is 7.42. The third-order valence-corrected chi connectivity index (χ3v) is 10.1. The summed E-state index contributed by atoms with van der Waals surface area (Å²) in [6.45, 7) is 4.18. The van der Waals surface area contributed by atoms with Crippen molar-refractivity contribution in [3.8, 4) is 17.2 Å². The van der Waals surface area contributed by atoms with Crippen LogP contribution in [0.1, 0.15) is 66.7 Å². The summed E-state index contributed by atoms with van der Waals surface area (Å²) < 4.78 is 26.3. The molecule has 2 aliphatic heterocycles. The van der Waals surface area contributed by atoms with E-state index in [1.165, 1.54) is 13.0 Å². The molecule has 4 aromatic carbocycles. The fourth-order valence-electron chi connectivity index (χ4n) is 7.42. The van der Waals surface area contributed by atoms with E-state index in [9.17, 15) is 19.8 Å². The van der Waals surface area contributed by atoms with Crippen molar-refractivity contribution in [2.75, 3.05) is 31.7 Å². The maximum atomic E-state index is 12.7. The summed E-state index contributed by atoms with van der Waals surface area (Å²) >= 11 is 0. The van der Waals surface area contributed by atoms with Crippen molar-refractivity contribution in [3.05, 3.63) is 102 Å². The van der Waals surface area contributed by atoms with Gasteiger partial charge in [-0.3, -0.25) is 9.59 Å². The number of ether oxygens (including phenoxy) is 3. The summed E-state index contributed by atoms with van der Waals surface area (Å²) in [5.41, 5.74) is 6.65. The molecular formula is C42H42N6O8. The zero-order valence-electron chi connectivity index (χ0n) is 30.9. The van der Waals surface area contributed by atoms with Gasteiger partial charge < -0.3 is 43.3 Å². The number of aliphatic hydroxyl groups is 1. The lowest BCUT2D eigenvalue weighted by molar-refractivity contribution is -0.142. The van der Waals surface area contributed by atoms with E-state index in [1.807, 2.05) is 48.5 Å². The van der Waals surface area contributed by atoms with Gasteiger partial charge in [0.1, 0.15) is 36.1 Å². The second-order valence-corrected chi connectivity index (χ2v) is 13.8. The highest BCUT2D eigenvalue weighted by Gasteiger charge is 2.24. The normalized spacial score (nSPS) is 15.2. The minimum absolute atomic E-state index is 0.000564. The molecule has 0 atom stereocenters. The lowest BCUT2D eigenvalue weighted by Crippen LogP contribution is -2.21. The summed E-state index contributed by atoms with van der Waals surface area (Å²) in [5.74, 6) is 1.20. The van der Waals surface area contributed by atoms with Crippen molar-refractivity contribution in [2.45, 2.75) is 57.9 Å². The first-order valence-corrected chi connectivity index (χ1v) is 18.7. The summed E-state index contributed by atoms with van der Waals surface area (Å²) in [4.78, 5) is 37.8. The molecule has 0 unspecified atom stereocenters. The molecule has 56 heavy (non-hydrogen) atoms. The number of fused-ring (bicyclic) bond motifs is 3. The highest BCUT2D eigenvalue weighted by Crippen LogP contribution is 2.33. The number of phenolic OH excluding ortho intramolecular Hbond substituents is 1. The van der Waals surface area contributed by atoms with E-state index in [-0.39, 0.29) is 36.9 Å². The molecule has 3 aromatic heterocycles. The number of imidazole rings is 2. The van der Waals surface area contributed by atoms with Gasteiger partial charge in [0.2, 0.25) is 5.89 Å². The van der Waals surface area contributed by atoms with E-state index < -0.39 is 0 Å². The number of carbonyl (C=O) groups excluding carboxylic acids is 2. The number of aliphatic hydroxyl groups excluding tert-OH is 1. The number of oxazole rings is 1. The van der Waals surface area contributed by atoms with Gasteiger partial charge in [0, 0.05) is 56.6 Å². The van der Waals surface area contributed by atoms with Crippen LogP contribution in [0.2, 0.25) is 0 Å². The number of hydrogen-bond donors (Lipinski definition) is 3. The van der Waals surface area contributed by atoms with Crippen molar-refractivity contribution in [2.24, 2.45) is 0 Å². The number of carbonyl (C=O) groups is 2. The number of esters is 1. The minimum atomic E-state index is -0.372. The van der Waals surface area contributed by atoms with Crippen LogP contribution in [0, 0.1) is 0 Å². The lowest BCUT2D eigenvalue weighted by atomic mass is 10.1. The first kappa shape index (κ1) is 36.9. The van der Waals surface area contributed by atoms with Crippen LogP contribution < -0.4 is 5.32 Å². The number of benzene rings is 4. The number of rotatable bonds is 8. The predicted molar refractivity (Wildman–Crippen MR) is 208 cm³/mol. The number of nitrogens with one attached hydrogen (secondary N) is 1. The van der Waals surface area contributed by atoms with Gasteiger partial charge in [-0.05, 0) is 86.3 Å². The molecule has 0 aliphatic carbocycles. The smallest absolute Gasteiger partial charge is 0.303 e. The SMILES string of the molecule is CC(=O)OCc1nc2cc(C(=O)Nc3ccccc3O)ccc2n1C1CCOCC1.OCc1nc2cc(-c3nc4ccccc4o3)ccc2n1C1CCOCC1. The van der Waals surface area contributed by atoms with Gasteiger partial charge in [-0.15, -0.1) is 0 Å². The topological polar surface area (TPSA) is 176 Å². The Morgan fingerprint density at radius 2 is 1.39 bits per heavy atom. The fraction of sp³-hybridized carbons (Fsp3) is 0.310. The molecule has 9 rings (SSSR count). The highest BCUT2D eigenvalue weighted by atomic mass is 16.5. The average Bonchev–Trinajstić information content (AvgIpc) is 3.94. The third-order valence-electron chi connectivity index (χ3n) is 10.1. The predicted octanol–water partition coefficient (Wildman–Crippen LogP) is 7.10. The summed E-state index contributed by atoms with van der Waals surface area (Å²) in [6.07, 6.45) is 3.55. The molecule has 2 saturated heterocycles. The summed E-state index contributed by atoms with van der Waals surface area (Å²) in [7, 11) is 0. The number of hydrogen-bond acceptors (Lipinski definition) is 11. The molecule has 14 heteroatoms. The quantitative estimate of drug-likeness (QED) is 0.106. The highest BCUT2D eigenvalue weighted by molar-refractivity contribution is 6.06. The molecule has 0 saturated carbocycles. The number of amides is 1. The average molecular weight is 759 g/mol. The van der Waals surface area contributed by atoms with Gasteiger partial charge in [0.25, 0.3) is 5.91 Å². The number of aromatic hydroxyl groups is 1. The van der Waals surface area contributed by atoms with Gasteiger partial charge in [0.05, 0.1) is 27.8 Å². The van der Waals surface area contributed by atoms with Crippen LogP contribution >= 0.6 is 0 Å². The molecule has 1 amide bonds. The second-order valence-electron chi connectivity index (χ2n) is 13.8. The van der Waals surface area contributed by atoms with Crippen LogP contribution in [0.25, 0.3) is 44.6 Å². The molecule has 2 aliphatic rings. The van der Waals surface area contributed by atoms with Gasteiger partial charge in [-0.25, -0.2) is 15.0 Å². The Bertz CT molecular complexity index is 2480. The van der Waals surface area contributed by atoms with E-state index in [4.69, 9.17) is 18.6 Å². The lowest BCUT2D eigenvalue weighted by Gasteiger charge is -2.25. The molecule has 0 bridgehead atoms. The molecule has 7 aromatic rings. The number of anilines is 1. The molecule has 288 valence electrons. The van der Waals surface area contributed by atoms with E-state index >= 15 is 0 Å². The monoisotopic (exact) mass is 758 g/mol. The maximum absolute atomic E-state index is 12.7. The van der Waals surface area contributed by atoms with Crippen LogP contribution in [0.5, 0.6) is 5.75 Å². The Hall–Kier alpha value is -6.09. The van der Waals surface area contributed by atoms with Crippen molar-refractivity contribution < 1.29 is 38.4 Å². The van der Waals surface area contributed by atoms with E-state index in [1.54, 1.807) is 30.3 Å². The van der Waals surface area contributed by atoms with Gasteiger partial charge in [-0.1, -0.05) is 24.3 Å². The molecular weight excluding hydrogens is 716 g/mol. The maximum Gasteiger partial charge on any atom is 0.303 e. The molecule has 2 fully saturated rings. The van der Waals surface area contributed by atoms with Crippen molar-refractivity contribution in [1.82, 2.24) is 24.1 Å². The van der Waals surface area contributed by atoms with Crippen LogP contribution in [-0.2, 0) is 32.2 Å². The van der Waals surface area contributed by atoms with Crippen LogP contribution in [0.3, 0.4) is 0 Å². The van der Waals surface area contributed by atoms with E-state index in [0.29, 0.717) is 53.6 Å². The number of aromatic nitrogens is 5. The van der Waals surface area contributed by atoms with Crippen molar-refractivity contribution >= 4 is 50.7 Å². The molecule has 0 radical (unpaired) electrons. The largest absolute Gasteiger partial charge is 0.506 e. The zero-order chi connectivity index (χ0) is 38.6. The third kappa shape index (κ3) is 7.71. The van der Waals surface area contributed by atoms with Gasteiger partial charge in [0.15, 0.2) is 5.58 Å². The molecule has 14 nitrogen and oxygen atoms in total. The number of nitrogens with zero attached hydrogens (tertiary/aromatic N) is 5. The first-order chi connectivity index (χ1) is 27.4. The number of phenols is 1. The minimum Gasteiger partial charge on any atom is -0.506 e. The molecule has 0 spiro atoms. The summed E-state index contributed by atoms with van der Waals surface area (Å²) in [6, 6.07) is 26.1. The standard InChI is InChI=1S/C22H23N3O5.C20H19N3O3/c1-14(26)30-13-21-23-18-12-15(22(28)24-17-4-2-3-5-20(17)27)6-7-19(18)25(21)16-8-10-29-11-9-16;24-12-19-21-16-11-13(20-22-15-3-1-2-4-18(15)26-20)5-6-17(16)23(19)14-7-9-25-10-8-14/h2-7,12,16,27H,8-11,13H2,1H3,(H,24,28);1-6,11,14,24H,7-10,12H2. The Labute approximate surface area is 321 Å². The van der Waals surface area contributed by atoms with Crippen LogP contribution in [0.15, 0.2) is 89.3 Å². The molecule has 5 heterocycles. The zero-order valence-corrected chi connectivity index (χ0v) is 30.9. The summed E-state index contributed by atoms with van der Waals surface area (Å²) in [5, 5.41) is 22.4. The Morgan fingerprint density at radius 3 is 2.07 bits per heavy atom. The first-order valence-electron chi connectivity index (χ1n) is 18.7. The van der Waals surface area contributed by atoms with Gasteiger partial charge >= 0.3 is 5.97 Å². The Morgan fingerprint density at radius 1 is 0.768 bits per heavy atom. The Balaban J connectivity index is 0.000000159. The number of para-hydroxylation sites is 4. The van der Waals surface area contributed by atoms with E-state index in [2.05, 4.69) is 29.4 Å². The van der Waals surface area contributed by atoms with Gasteiger partial charge in [-0.2, -0.15) is 0 Å². The van der Waals surface area contributed by atoms with Crippen molar-refractivity contribution in [1.29, 1.82) is 0 Å². The van der Waals surface area contributed by atoms with Crippen LogP contribution in [0.4, 0.5) is 5.69 Å². The second kappa shape index (κ2) is 16.3. The van der Waals surface area contributed by atoms with Crippen molar-refractivity contribution in [3.63, 3.8) is 0 Å². The van der Waals surface area contributed by atoms with E-state index in [0.717, 1.165) is 72.1 Å². The molecule has 3 N–H and O–H groups in total. The van der Waals surface area contributed by atoms with Crippen LogP contribution in [-0.4, -0.2) is 72.6 Å². The Kier molecular flexibility index (Phi) is 10.8.